The van der Waals surface area contributed by atoms with E-state index in [9.17, 15) is 0 Å². The lowest BCUT2D eigenvalue weighted by Crippen LogP contribution is -2.27. The lowest BCUT2D eigenvalue weighted by molar-refractivity contribution is 0.406. The maximum atomic E-state index is 5.39. The van der Waals surface area contributed by atoms with Crippen molar-refractivity contribution in [3.05, 3.63) is 47.3 Å². The van der Waals surface area contributed by atoms with Crippen LogP contribution in [-0.2, 0) is 20.0 Å². The molecule has 1 atom stereocenters. The highest BCUT2D eigenvalue weighted by atomic mass is 16.5. The molecular weight excluding hydrogens is 250 g/mol. The van der Waals surface area contributed by atoms with E-state index in [0.29, 0.717) is 6.04 Å². The summed E-state index contributed by atoms with van der Waals surface area (Å²) in [5.74, 6) is 0.957. The van der Waals surface area contributed by atoms with Crippen molar-refractivity contribution in [1.29, 1.82) is 0 Å². The molecule has 1 aromatic heterocycles. The van der Waals surface area contributed by atoms with Crippen LogP contribution in [0.4, 0.5) is 0 Å². The summed E-state index contributed by atoms with van der Waals surface area (Å²) in [5.41, 5.74) is 3.57. The van der Waals surface area contributed by atoms with Gasteiger partial charge in [-0.25, -0.2) is 0 Å². The zero-order chi connectivity index (χ0) is 14.5. The summed E-state index contributed by atoms with van der Waals surface area (Å²) in [4.78, 5) is 0. The Hall–Kier alpha value is -1.81. The van der Waals surface area contributed by atoms with Gasteiger partial charge in [-0.15, -0.1) is 0 Å². The molecule has 0 radical (unpaired) electrons. The molecule has 0 aliphatic heterocycles. The molecule has 1 aromatic carbocycles. The fourth-order valence-corrected chi connectivity index (χ4v) is 2.38. The Morgan fingerprint density at radius 3 is 2.70 bits per heavy atom. The molecule has 1 unspecified atom stereocenters. The van der Waals surface area contributed by atoms with Crippen molar-refractivity contribution in [3.63, 3.8) is 0 Å². The van der Waals surface area contributed by atoms with E-state index in [1.807, 2.05) is 30.8 Å². The summed E-state index contributed by atoms with van der Waals surface area (Å²) < 4.78 is 7.25. The molecule has 0 saturated heterocycles. The van der Waals surface area contributed by atoms with Gasteiger partial charge in [-0.05, 0) is 31.9 Å². The number of hydrogen-bond donors (Lipinski definition) is 1. The Balaban J connectivity index is 1.92. The molecular formula is C16H23N3O. The first-order chi connectivity index (χ1) is 9.60. The summed E-state index contributed by atoms with van der Waals surface area (Å²) in [6, 6.07) is 8.56. The number of rotatable bonds is 6. The summed E-state index contributed by atoms with van der Waals surface area (Å²) in [6.07, 6.45) is 3.02. The van der Waals surface area contributed by atoms with Gasteiger partial charge in [0.05, 0.1) is 12.8 Å². The number of hydrogen-bond acceptors (Lipinski definition) is 3. The van der Waals surface area contributed by atoms with Crippen molar-refractivity contribution in [2.75, 3.05) is 7.11 Å². The van der Waals surface area contributed by atoms with E-state index in [1.165, 1.54) is 11.1 Å². The first kappa shape index (κ1) is 14.6. The lowest BCUT2D eigenvalue weighted by atomic mass is 10.1. The minimum absolute atomic E-state index is 0.380. The maximum Gasteiger partial charge on any atom is 0.122 e. The van der Waals surface area contributed by atoms with Gasteiger partial charge < -0.3 is 10.1 Å². The Morgan fingerprint density at radius 2 is 2.05 bits per heavy atom. The van der Waals surface area contributed by atoms with E-state index in [-0.39, 0.29) is 0 Å². The highest BCUT2D eigenvalue weighted by molar-refractivity contribution is 5.33. The van der Waals surface area contributed by atoms with Gasteiger partial charge in [0.25, 0.3) is 0 Å². The van der Waals surface area contributed by atoms with Crippen molar-refractivity contribution < 1.29 is 4.74 Å². The molecule has 0 aliphatic carbocycles. The molecule has 4 heteroatoms. The Bertz CT molecular complexity index is 563. The fraction of sp³-hybridized carbons (Fsp3) is 0.438. The van der Waals surface area contributed by atoms with Gasteiger partial charge in [0, 0.05) is 31.4 Å². The van der Waals surface area contributed by atoms with Crippen LogP contribution >= 0.6 is 0 Å². The van der Waals surface area contributed by atoms with E-state index in [4.69, 9.17) is 4.74 Å². The molecule has 108 valence electrons. The van der Waals surface area contributed by atoms with Crippen LogP contribution in [0.15, 0.2) is 30.5 Å². The quantitative estimate of drug-likeness (QED) is 0.878. The predicted octanol–water partition coefficient (Wildman–Crippen LogP) is 2.46. The summed E-state index contributed by atoms with van der Waals surface area (Å²) in [7, 11) is 3.67. The van der Waals surface area contributed by atoms with Crippen LogP contribution in [0, 0.1) is 6.92 Å². The maximum absolute atomic E-state index is 5.39. The molecule has 0 amide bonds. The van der Waals surface area contributed by atoms with Crippen LogP contribution in [0.1, 0.15) is 23.7 Å². The Labute approximate surface area is 120 Å². The monoisotopic (exact) mass is 273 g/mol. The molecule has 4 nitrogen and oxygen atoms in total. The number of para-hydroxylation sites is 1. The van der Waals surface area contributed by atoms with Crippen molar-refractivity contribution in [2.24, 2.45) is 7.05 Å². The third-order valence-electron chi connectivity index (χ3n) is 3.47. The number of aryl methyl sites for hydroxylation is 2. The number of ether oxygens (including phenoxy) is 1. The molecule has 1 heterocycles. The van der Waals surface area contributed by atoms with Crippen molar-refractivity contribution in [3.8, 4) is 5.75 Å². The van der Waals surface area contributed by atoms with E-state index in [1.54, 1.807) is 7.11 Å². The normalized spacial score (nSPS) is 12.4. The van der Waals surface area contributed by atoms with E-state index >= 15 is 0 Å². The third-order valence-corrected chi connectivity index (χ3v) is 3.47. The zero-order valence-corrected chi connectivity index (χ0v) is 12.7. The van der Waals surface area contributed by atoms with E-state index < -0.39 is 0 Å². The van der Waals surface area contributed by atoms with Gasteiger partial charge in [0.2, 0.25) is 0 Å². The SMILES string of the molecule is COc1ccccc1CC(C)NCc1cn(C)nc1C. The fourth-order valence-electron chi connectivity index (χ4n) is 2.38. The van der Waals surface area contributed by atoms with Crippen molar-refractivity contribution in [1.82, 2.24) is 15.1 Å². The molecule has 1 N–H and O–H groups in total. The second-order valence-electron chi connectivity index (χ2n) is 5.21. The van der Waals surface area contributed by atoms with Gasteiger partial charge in [0.1, 0.15) is 5.75 Å². The average Bonchev–Trinajstić information content (AvgIpc) is 2.75. The largest absolute Gasteiger partial charge is 0.496 e. The summed E-state index contributed by atoms with van der Waals surface area (Å²) >= 11 is 0. The summed E-state index contributed by atoms with van der Waals surface area (Å²) in [5, 5.41) is 7.90. The molecule has 2 aromatic rings. The van der Waals surface area contributed by atoms with Gasteiger partial charge in [0.15, 0.2) is 0 Å². The van der Waals surface area contributed by atoms with Crippen molar-refractivity contribution in [2.45, 2.75) is 32.9 Å². The van der Waals surface area contributed by atoms with Gasteiger partial charge in [-0.2, -0.15) is 5.10 Å². The number of benzene rings is 1. The lowest BCUT2D eigenvalue weighted by Gasteiger charge is -2.15. The molecule has 0 aliphatic rings. The molecule has 2 rings (SSSR count). The van der Waals surface area contributed by atoms with Crippen LogP contribution in [0.5, 0.6) is 5.75 Å². The number of nitrogens with zero attached hydrogens (tertiary/aromatic N) is 2. The number of methoxy groups -OCH3 is 1. The highest BCUT2D eigenvalue weighted by Crippen LogP contribution is 2.19. The third kappa shape index (κ3) is 3.61. The second kappa shape index (κ2) is 6.57. The van der Waals surface area contributed by atoms with Gasteiger partial charge in [-0.3, -0.25) is 4.68 Å². The Morgan fingerprint density at radius 1 is 1.30 bits per heavy atom. The zero-order valence-electron chi connectivity index (χ0n) is 12.7. The van der Waals surface area contributed by atoms with Gasteiger partial charge >= 0.3 is 0 Å². The predicted molar refractivity (Wildman–Crippen MR) is 80.9 cm³/mol. The minimum Gasteiger partial charge on any atom is -0.496 e. The molecule has 0 fully saturated rings. The van der Waals surface area contributed by atoms with E-state index in [2.05, 4.69) is 35.7 Å². The van der Waals surface area contributed by atoms with Gasteiger partial charge in [-0.1, -0.05) is 18.2 Å². The first-order valence-electron chi connectivity index (χ1n) is 6.94. The molecule has 0 spiro atoms. The summed E-state index contributed by atoms with van der Waals surface area (Å²) in [6.45, 7) is 5.08. The first-order valence-corrected chi connectivity index (χ1v) is 6.94. The standard InChI is InChI=1S/C16H23N3O/c1-12(9-14-7-5-6-8-16(14)20-4)17-10-15-11-19(3)18-13(15)2/h5-8,11-12,17H,9-10H2,1-4H3. The van der Waals surface area contributed by atoms with Crippen LogP contribution in [0.3, 0.4) is 0 Å². The van der Waals surface area contributed by atoms with Crippen LogP contribution < -0.4 is 10.1 Å². The molecule has 20 heavy (non-hydrogen) atoms. The number of nitrogens with one attached hydrogen (secondary N) is 1. The topological polar surface area (TPSA) is 39.1 Å². The van der Waals surface area contributed by atoms with E-state index in [0.717, 1.165) is 24.4 Å². The average molecular weight is 273 g/mol. The highest BCUT2D eigenvalue weighted by Gasteiger charge is 2.09. The minimum atomic E-state index is 0.380. The molecule has 0 saturated carbocycles. The van der Waals surface area contributed by atoms with Crippen LogP contribution in [0.2, 0.25) is 0 Å². The number of aromatic nitrogens is 2. The second-order valence-corrected chi connectivity index (χ2v) is 5.21. The molecule has 0 bridgehead atoms. The smallest absolute Gasteiger partial charge is 0.122 e. The van der Waals surface area contributed by atoms with Crippen LogP contribution in [0.25, 0.3) is 0 Å². The van der Waals surface area contributed by atoms with Crippen LogP contribution in [-0.4, -0.2) is 22.9 Å². The Kier molecular flexibility index (Phi) is 4.79. The van der Waals surface area contributed by atoms with Crippen molar-refractivity contribution >= 4 is 0 Å².